The Morgan fingerprint density at radius 3 is 2.78 bits per heavy atom. The molecule has 3 aromatic rings. The van der Waals surface area contributed by atoms with Gasteiger partial charge in [-0.2, -0.15) is 0 Å². The van der Waals surface area contributed by atoms with Crippen molar-refractivity contribution in [3.63, 3.8) is 0 Å². The lowest BCUT2D eigenvalue weighted by molar-refractivity contribution is 0.281. The summed E-state index contributed by atoms with van der Waals surface area (Å²) in [6, 6.07) is 9.71. The number of aromatic amines is 1. The zero-order chi connectivity index (χ0) is 19.4. The molecule has 2 aromatic heterocycles. The first-order chi connectivity index (χ1) is 13.0. The number of hydrogen-bond donors (Lipinski definition) is 3. The van der Waals surface area contributed by atoms with E-state index in [0.717, 1.165) is 28.6 Å². The molecule has 144 valence electrons. The smallest absolute Gasteiger partial charge is 0.161 e. The Hall–Kier alpha value is -2.09. The quantitative estimate of drug-likeness (QED) is 0.515. The van der Waals surface area contributed by atoms with Crippen LogP contribution in [0.25, 0.3) is 22.3 Å². The summed E-state index contributed by atoms with van der Waals surface area (Å²) < 4.78 is 12.5. The molecule has 0 aliphatic heterocycles. The number of nitrogens with one attached hydrogen (secondary N) is 2. The monoisotopic (exact) mass is 386 g/mol. The van der Waals surface area contributed by atoms with Gasteiger partial charge in [-0.1, -0.05) is 6.92 Å². The van der Waals surface area contributed by atoms with E-state index in [9.17, 15) is 9.66 Å². The van der Waals surface area contributed by atoms with Crippen molar-refractivity contribution < 1.29 is 9.66 Å². The number of benzene rings is 1. The summed E-state index contributed by atoms with van der Waals surface area (Å²) in [6.07, 6.45) is 2.76. The number of H-pyrrole nitrogens is 1. The topological polar surface area (TPSA) is 96.9 Å². The maximum absolute atomic E-state index is 12.5. The second-order valence-electron chi connectivity index (χ2n) is 6.82. The van der Waals surface area contributed by atoms with Crippen molar-refractivity contribution in [1.82, 2.24) is 15.0 Å². The van der Waals surface area contributed by atoms with Crippen molar-refractivity contribution in [3.05, 3.63) is 42.2 Å². The van der Waals surface area contributed by atoms with Crippen molar-refractivity contribution in [3.8, 4) is 11.4 Å². The number of hydrogen-bond acceptors (Lipinski definition) is 5. The molecule has 0 bridgehead atoms. The number of fused-ring (bicyclic) bond motifs is 1. The van der Waals surface area contributed by atoms with E-state index in [1.165, 1.54) is 0 Å². The highest BCUT2D eigenvalue weighted by atomic mass is 32.2. The predicted molar refractivity (Wildman–Crippen MR) is 111 cm³/mol. The normalized spacial score (nSPS) is 14.9. The van der Waals surface area contributed by atoms with E-state index >= 15 is 0 Å². The van der Waals surface area contributed by atoms with Crippen molar-refractivity contribution in [1.29, 1.82) is 0 Å². The molecule has 3 rings (SSSR count). The van der Waals surface area contributed by atoms with Gasteiger partial charge in [-0.3, -0.25) is 0 Å². The maximum Gasteiger partial charge on any atom is 0.161 e. The lowest BCUT2D eigenvalue weighted by atomic mass is 10.1. The Kier molecular flexibility index (Phi) is 6.36. The molecule has 0 saturated carbocycles. The van der Waals surface area contributed by atoms with Crippen LogP contribution < -0.4 is 5.32 Å². The fourth-order valence-corrected chi connectivity index (χ4v) is 3.83. The molecular weight excluding hydrogens is 360 g/mol. The van der Waals surface area contributed by atoms with E-state index in [1.807, 2.05) is 57.3 Å². The first-order valence-corrected chi connectivity index (χ1v) is 10.6. The average molecular weight is 387 g/mol. The molecule has 0 radical (unpaired) electrons. The summed E-state index contributed by atoms with van der Waals surface area (Å²) in [5, 5.41) is 13.7. The number of nitrogens with zero attached hydrogens (tertiary/aromatic N) is 2. The molecule has 1 aromatic carbocycles. The van der Waals surface area contributed by atoms with Crippen LogP contribution in [0, 0.1) is 0 Å². The number of aliphatic hydroxyl groups excluding tert-OH is 1. The van der Waals surface area contributed by atoms with Gasteiger partial charge in [0.05, 0.1) is 12.3 Å². The summed E-state index contributed by atoms with van der Waals surface area (Å²) in [5.74, 6) is 1.61. The third-order valence-corrected chi connectivity index (χ3v) is 6.38. The fraction of sp³-hybridized carbons (Fsp3) is 0.400. The zero-order valence-electron chi connectivity index (χ0n) is 15.9. The van der Waals surface area contributed by atoms with Crippen LogP contribution in [0.5, 0.6) is 0 Å². The second-order valence-corrected chi connectivity index (χ2v) is 8.67. The highest BCUT2D eigenvalue weighted by Gasteiger charge is 2.18. The number of aromatic nitrogens is 3. The number of anilines is 1. The van der Waals surface area contributed by atoms with Gasteiger partial charge in [0.15, 0.2) is 5.82 Å². The molecule has 3 atom stereocenters. The number of aliphatic hydroxyl groups is 1. The van der Waals surface area contributed by atoms with Crippen molar-refractivity contribution in [2.75, 3.05) is 11.9 Å². The lowest BCUT2D eigenvalue weighted by Crippen LogP contribution is -2.22. The minimum Gasteiger partial charge on any atom is -0.616 e. The van der Waals surface area contributed by atoms with Crippen LogP contribution in [-0.2, 0) is 16.9 Å². The molecule has 2 heterocycles. The zero-order valence-corrected chi connectivity index (χ0v) is 16.7. The molecule has 7 heteroatoms. The van der Waals surface area contributed by atoms with Crippen LogP contribution in [0.15, 0.2) is 36.5 Å². The van der Waals surface area contributed by atoms with Gasteiger partial charge in [0.2, 0.25) is 0 Å². The van der Waals surface area contributed by atoms with Crippen LogP contribution in [0.4, 0.5) is 5.82 Å². The summed E-state index contributed by atoms with van der Waals surface area (Å²) in [6.45, 7) is 5.91. The second kappa shape index (κ2) is 8.73. The third kappa shape index (κ3) is 4.80. The summed E-state index contributed by atoms with van der Waals surface area (Å²) in [5.41, 5.74) is 2.69. The highest BCUT2D eigenvalue weighted by Crippen LogP contribution is 2.24. The van der Waals surface area contributed by atoms with Crippen LogP contribution in [-0.4, -0.2) is 42.5 Å². The van der Waals surface area contributed by atoms with E-state index < -0.39 is 11.2 Å². The first kappa shape index (κ1) is 19.7. The lowest BCUT2D eigenvalue weighted by Gasteiger charge is -2.18. The molecule has 0 aliphatic carbocycles. The first-order valence-electron chi connectivity index (χ1n) is 9.20. The summed E-state index contributed by atoms with van der Waals surface area (Å²) in [4.78, 5) is 12.5. The van der Waals surface area contributed by atoms with Crippen LogP contribution in [0.2, 0.25) is 0 Å². The minimum absolute atomic E-state index is 0.00276. The predicted octanol–water partition coefficient (Wildman–Crippen LogP) is 3.46. The Morgan fingerprint density at radius 1 is 1.22 bits per heavy atom. The SMILES string of the molecule is CCC(C)[S+]([O-])Cc1cc(N[C@H](C)CO)nc(-c2ccc3[nH]ccc3c2)n1. The van der Waals surface area contributed by atoms with Gasteiger partial charge in [0, 0.05) is 34.8 Å². The number of rotatable bonds is 8. The van der Waals surface area contributed by atoms with Gasteiger partial charge in [-0.15, -0.1) is 0 Å². The molecule has 0 saturated heterocycles. The minimum atomic E-state index is -0.991. The van der Waals surface area contributed by atoms with E-state index in [0.29, 0.717) is 17.4 Å². The molecule has 3 N–H and O–H groups in total. The van der Waals surface area contributed by atoms with Crippen LogP contribution >= 0.6 is 0 Å². The van der Waals surface area contributed by atoms with Crippen molar-refractivity contribution in [2.45, 2.75) is 44.2 Å². The van der Waals surface area contributed by atoms with Gasteiger partial charge >= 0.3 is 0 Å². The van der Waals surface area contributed by atoms with Gasteiger partial charge < -0.3 is 20.0 Å². The van der Waals surface area contributed by atoms with Crippen molar-refractivity contribution in [2.24, 2.45) is 0 Å². The van der Waals surface area contributed by atoms with E-state index in [2.05, 4.69) is 20.3 Å². The summed E-state index contributed by atoms with van der Waals surface area (Å²) in [7, 11) is 0. The maximum atomic E-state index is 12.5. The van der Waals surface area contributed by atoms with Crippen LogP contribution in [0.1, 0.15) is 32.9 Å². The third-order valence-electron chi connectivity index (χ3n) is 4.57. The standard InChI is InChI=1S/C20H26N4O2S/c1-4-14(3)27(26)12-17-10-19(22-13(2)11-25)24-20(23-17)16-5-6-18-15(9-16)7-8-21-18/h5-10,13-14,21,25H,4,11-12H2,1-3H3,(H,22,23,24)/t13-,14?,27?/m1/s1. The fourth-order valence-electron chi connectivity index (χ4n) is 2.74. The molecule has 0 amide bonds. The largest absolute Gasteiger partial charge is 0.616 e. The Balaban J connectivity index is 1.97. The molecule has 27 heavy (non-hydrogen) atoms. The van der Waals surface area contributed by atoms with Crippen molar-refractivity contribution >= 4 is 27.9 Å². The van der Waals surface area contributed by atoms with Gasteiger partial charge in [-0.25, -0.2) is 9.97 Å². The van der Waals surface area contributed by atoms with Gasteiger partial charge in [-0.05, 0) is 55.7 Å². The molecule has 0 spiro atoms. The average Bonchev–Trinajstić information content (AvgIpc) is 3.14. The molecule has 0 fully saturated rings. The van der Waals surface area contributed by atoms with Gasteiger partial charge in [0.25, 0.3) is 0 Å². The Morgan fingerprint density at radius 2 is 2.04 bits per heavy atom. The Labute approximate surface area is 162 Å². The molecule has 0 aliphatic rings. The van der Waals surface area contributed by atoms with E-state index in [4.69, 9.17) is 0 Å². The molecule has 2 unspecified atom stereocenters. The highest BCUT2D eigenvalue weighted by molar-refractivity contribution is 7.91. The summed E-state index contributed by atoms with van der Waals surface area (Å²) >= 11 is -0.991. The Bertz CT molecular complexity index is 899. The molecule has 6 nitrogen and oxygen atoms in total. The van der Waals surface area contributed by atoms with E-state index in [1.54, 1.807) is 0 Å². The van der Waals surface area contributed by atoms with Gasteiger partial charge in [0.1, 0.15) is 16.8 Å². The molecular formula is C20H26N4O2S. The van der Waals surface area contributed by atoms with E-state index in [-0.39, 0.29) is 17.9 Å². The van der Waals surface area contributed by atoms with Crippen LogP contribution in [0.3, 0.4) is 0 Å².